The molecule has 11 heteroatoms. The molecule has 0 aliphatic rings. The minimum absolute atomic E-state index is 0.00953. The van der Waals surface area contributed by atoms with Gasteiger partial charge in [-0.05, 0) is 73.5 Å². The number of amides is 1. The smallest absolute Gasteiger partial charge is 0.322 e. The number of carbonyl (C=O) groups excluding carboxylic acids is 1. The summed E-state index contributed by atoms with van der Waals surface area (Å²) >= 11 is 0. The Bertz CT molecular complexity index is 1370. The molecule has 0 aromatic heterocycles. The molecule has 0 saturated carbocycles. The third kappa shape index (κ3) is 5.37. The molecule has 0 unspecified atom stereocenters. The van der Waals surface area contributed by atoms with Gasteiger partial charge in [0.15, 0.2) is 0 Å². The number of sulfonamides is 1. The van der Waals surface area contributed by atoms with Gasteiger partial charge in [-0.1, -0.05) is 18.2 Å². The van der Waals surface area contributed by atoms with Crippen molar-refractivity contribution in [3.8, 4) is 0 Å². The van der Waals surface area contributed by atoms with Crippen molar-refractivity contribution in [2.45, 2.75) is 29.4 Å². The number of aryl methyl sites for hydroxylation is 2. The van der Waals surface area contributed by atoms with E-state index in [9.17, 15) is 30.4 Å². The lowest BCUT2D eigenvalue weighted by Crippen LogP contribution is -2.15. The zero-order valence-corrected chi connectivity index (χ0v) is 19.2. The predicted molar refractivity (Wildman–Crippen MR) is 121 cm³/mol. The van der Waals surface area contributed by atoms with Crippen molar-refractivity contribution in [3.63, 3.8) is 0 Å². The monoisotopic (exact) mass is 494 g/mol. The Kier molecular flexibility index (Phi) is 6.84. The first-order valence-corrected chi connectivity index (χ1v) is 12.6. The Balaban J connectivity index is 1.73. The lowest BCUT2D eigenvalue weighted by molar-refractivity contribution is 0.102. The minimum atomic E-state index is -4.75. The van der Waals surface area contributed by atoms with Crippen LogP contribution in [-0.2, 0) is 19.9 Å². The maximum Gasteiger partial charge on any atom is 0.341 e. The SMILES string of the molecule is Cc1cccc(C)c1NS(=O)(=O)c1ccc(NC(=O)c2ccc(S(=O)(=O)C(F)F)cc2)cc1. The number of para-hydroxylation sites is 1. The average molecular weight is 495 g/mol. The minimum Gasteiger partial charge on any atom is -0.322 e. The van der Waals surface area contributed by atoms with Crippen LogP contribution in [-0.4, -0.2) is 28.5 Å². The third-order valence-corrected chi connectivity index (χ3v) is 7.58. The van der Waals surface area contributed by atoms with E-state index in [0.717, 1.165) is 35.4 Å². The van der Waals surface area contributed by atoms with Gasteiger partial charge in [-0.25, -0.2) is 16.8 Å². The molecule has 0 spiro atoms. The highest BCUT2D eigenvalue weighted by Gasteiger charge is 2.26. The molecule has 2 N–H and O–H groups in total. The van der Waals surface area contributed by atoms with Crippen molar-refractivity contribution in [3.05, 3.63) is 83.4 Å². The molecule has 1 amide bonds. The van der Waals surface area contributed by atoms with Crippen LogP contribution in [0.1, 0.15) is 21.5 Å². The van der Waals surface area contributed by atoms with Crippen LogP contribution in [0.2, 0.25) is 0 Å². The van der Waals surface area contributed by atoms with Crippen molar-refractivity contribution in [2.24, 2.45) is 0 Å². The number of halogens is 2. The molecule has 0 aliphatic heterocycles. The molecule has 174 valence electrons. The molecule has 0 radical (unpaired) electrons. The summed E-state index contributed by atoms with van der Waals surface area (Å²) in [5.41, 5.74) is 2.36. The Morgan fingerprint density at radius 3 is 1.82 bits per heavy atom. The van der Waals surface area contributed by atoms with Gasteiger partial charge < -0.3 is 5.32 Å². The Labute approximate surface area is 190 Å². The zero-order chi connectivity index (χ0) is 24.4. The second-order valence-electron chi connectivity index (χ2n) is 7.18. The zero-order valence-electron chi connectivity index (χ0n) is 17.5. The number of nitrogens with one attached hydrogen (secondary N) is 2. The highest BCUT2D eigenvalue weighted by molar-refractivity contribution is 7.92. The predicted octanol–water partition coefficient (Wildman–Crippen LogP) is 4.35. The number of benzene rings is 3. The maximum atomic E-state index is 12.7. The number of sulfone groups is 1. The van der Waals surface area contributed by atoms with Gasteiger partial charge >= 0.3 is 5.76 Å². The Morgan fingerprint density at radius 1 is 0.788 bits per heavy atom. The van der Waals surface area contributed by atoms with E-state index in [4.69, 9.17) is 0 Å². The number of hydrogen-bond donors (Lipinski definition) is 2. The molecule has 0 saturated heterocycles. The van der Waals surface area contributed by atoms with Crippen LogP contribution in [0, 0.1) is 13.8 Å². The first-order valence-electron chi connectivity index (χ1n) is 9.54. The molecule has 0 bridgehead atoms. The lowest BCUT2D eigenvalue weighted by Gasteiger charge is -2.13. The summed E-state index contributed by atoms with van der Waals surface area (Å²) in [7, 11) is -8.62. The van der Waals surface area contributed by atoms with Gasteiger partial charge in [0.1, 0.15) is 0 Å². The summed E-state index contributed by atoms with van der Waals surface area (Å²) < 4.78 is 76.2. The quantitative estimate of drug-likeness (QED) is 0.508. The molecule has 33 heavy (non-hydrogen) atoms. The Hall–Kier alpha value is -3.31. The van der Waals surface area contributed by atoms with Gasteiger partial charge in [0, 0.05) is 11.3 Å². The molecule has 0 fully saturated rings. The van der Waals surface area contributed by atoms with Crippen LogP contribution in [0.25, 0.3) is 0 Å². The molecule has 0 heterocycles. The normalized spacial score (nSPS) is 11.9. The molecule has 0 aliphatic carbocycles. The molecular formula is C22H20F2N2O5S2. The van der Waals surface area contributed by atoms with E-state index in [2.05, 4.69) is 10.0 Å². The van der Waals surface area contributed by atoms with E-state index < -0.39 is 36.4 Å². The fourth-order valence-corrected chi connectivity index (χ4v) is 4.91. The van der Waals surface area contributed by atoms with Gasteiger partial charge in [0.05, 0.1) is 15.5 Å². The van der Waals surface area contributed by atoms with Gasteiger partial charge in [-0.3, -0.25) is 9.52 Å². The molecule has 3 aromatic rings. The Morgan fingerprint density at radius 2 is 1.30 bits per heavy atom. The lowest BCUT2D eigenvalue weighted by atomic mass is 10.1. The highest BCUT2D eigenvalue weighted by Crippen LogP contribution is 2.24. The van der Waals surface area contributed by atoms with Gasteiger partial charge in [0.2, 0.25) is 9.84 Å². The summed E-state index contributed by atoms with van der Waals surface area (Å²) in [4.78, 5) is 11.8. The number of anilines is 2. The van der Waals surface area contributed by atoms with Crippen LogP contribution >= 0.6 is 0 Å². The number of rotatable bonds is 7. The summed E-state index contributed by atoms with van der Waals surface area (Å²) in [5, 5.41) is 2.53. The fourth-order valence-electron chi connectivity index (χ4n) is 2.99. The van der Waals surface area contributed by atoms with Crippen LogP contribution in [0.15, 0.2) is 76.5 Å². The third-order valence-electron chi connectivity index (χ3n) is 4.82. The van der Waals surface area contributed by atoms with Crippen LogP contribution in [0.5, 0.6) is 0 Å². The second kappa shape index (κ2) is 9.28. The maximum absolute atomic E-state index is 12.7. The molecule has 3 aromatic carbocycles. The first kappa shape index (κ1) is 24.3. The largest absolute Gasteiger partial charge is 0.341 e. The highest BCUT2D eigenvalue weighted by atomic mass is 32.2. The van der Waals surface area contributed by atoms with E-state index in [-0.39, 0.29) is 16.1 Å². The fraction of sp³-hybridized carbons (Fsp3) is 0.136. The van der Waals surface area contributed by atoms with E-state index >= 15 is 0 Å². The number of alkyl halides is 2. The van der Waals surface area contributed by atoms with Crippen LogP contribution in [0.3, 0.4) is 0 Å². The first-order chi connectivity index (χ1) is 15.4. The summed E-state index contributed by atoms with van der Waals surface area (Å²) in [6.07, 6.45) is 0. The summed E-state index contributed by atoms with van der Waals surface area (Å²) in [6, 6.07) is 14.9. The average Bonchev–Trinajstić information content (AvgIpc) is 2.77. The second-order valence-corrected chi connectivity index (χ2v) is 10.8. The van der Waals surface area contributed by atoms with Gasteiger partial charge in [0.25, 0.3) is 15.9 Å². The van der Waals surface area contributed by atoms with Crippen molar-refractivity contribution < 1.29 is 30.4 Å². The van der Waals surface area contributed by atoms with Gasteiger partial charge in [-0.2, -0.15) is 8.78 Å². The summed E-state index contributed by atoms with van der Waals surface area (Å²) in [6.45, 7) is 3.58. The van der Waals surface area contributed by atoms with E-state index in [1.807, 2.05) is 6.07 Å². The standard InChI is InChI=1S/C22H20F2N2O5S2/c1-14-4-3-5-15(2)20(14)26-33(30,31)19-12-8-17(9-13-19)25-21(27)16-6-10-18(11-7-16)32(28,29)22(23)24/h3-13,22,26H,1-2H3,(H,25,27). The van der Waals surface area contributed by atoms with Crippen molar-refractivity contribution in [2.75, 3.05) is 10.0 Å². The van der Waals surface area contributed by atoms with Crippen molar-refractivity contribution in [1.29, 1.82) is 0 Å². The molecule has 0 atom stereocenters. The molecule has 7 nitrogen and oxygen atoms in total. The molecule has 3 rings (SSSR count). The topological polar surface area (TPSA) is 109 Å². The van der Waals surface area contributed by atoms with Crippen LogP contribution in [0.4, 0.5) is 20.2 Å². The summed E-state index contributed by atoms with van der Waals surface area (Å²) in [5.74, 6) is -4.18. The van der Waals surface area contributed by atoms with E-state index in [1.54, 1.807) is 26.0 Å². The van der Waals surface area contributed by atoms with Crippen molar-refractivity contribution >= 4 is 37.1 Å². The molecular weight excluding hydrogens is 474 g/mol. The van der Waals surface area contributed by atoms with Crippen LogP contribution < -0.4 is 10.0 Å². The van der Waals surface area contributed by atoms with E-state index in [0.29, 0.717) is 5.69 Å². The van der Waals surface area contributed by atoms with E-state index in [1.165, 1.54) is 24.3 Å². The van der Waals surface area contributed by atoms with Crippen molar-refractivity contribution in [1.82, 2.24) is 0 Å². The van der Waals surface area contributed by atoms with Gasteiger partial charge in [-0.15, -0.1) is 0 Å². The number of carbonyl (C=O) groups is 1. The number of hydrogen-bond acceptors (Lipinski definition) is 5.